The van der Waals surface area contributed by atoms with E-state index >= 15 is 0 Å². The summed E-state index contributed by atoms with van der Waals surface area (Å²) in [6, 6.07) is 0. The molecule has 1 aromatic rings. The predicted molar refractivity (Wildman–Crippen MR) is 40.3 cm³/mol. The number of benzene rings is 1. The van der Waals surface area contributed by atoms with Gasteiger partial charge in [0.05, 0.1) is 0 Å². The predicted octanol–water partition coefficient (Wildman–Crippen LogP) is -1.98. The topological polar surface area (TPSA) is 88.5 Å². The number of aromatic hydroxyl groups is 1. The van der Waals surface area contributed by atoms with Gasteiger partial charge < -0.3 is 5.11 Å². The van der Waals surface area contributed by atoms with E-state index in [4.69, 9.17) is 5.11 Å². The molecule has 0 radical (unpaired) electrons. The average Bonchev–Trinajstić information content (AvgIpc) is 2.08. The summed E-state index contributed by atoms with van der Waals surface area (Å²) >= 11 is 0. The Bertz CT molecular complexity index is 469. The third kappa shape index (κ3) is 0.868. The standard InChI is InChI=1S/C7H4O5/c1-2-3(8)5(10)7(12)6(11)4(2)9/h8H,1H3. The van der Waals surface area contributed by atoms with Crippen LogP contribution < -0.4 is 21.7 Å². The Morgan fingerprint density at radius 2 is 1.25 bits per heavy atom. The quantitative estimate of drug-likeness (QED) is 0.453. The van der Waals surface area contributed by atoms with Gasteiger partial charge in [-0.15, -0.1) is 0 Å². The van der Waals surface area contributed by atoms with Crippen LogP contribution in [0.4, 0.5) is 0 Å². The van der Waals surface area contributed by atoms with Crippen LogP contribution in [0.5, 0.6) is 5.75 Å². The van der Waals surface area contributed by atoms with Crippen LogP contribution in [0.3, 0.4) is 0 Å². The van der Waals surface area contributed by atoms with Crippen LogP contribution >= 0.6 is 0 Å². The molecule has 0 aliphatic carbocycles. The molecule has 0 aliphatic rings. The van der Waals surface area contributed by atoms with Crippen molar-refractivity contribution in [2.24, 2.45) is 0 Å². The highest BCUT2D eigenvalue weighted by molar-refractivity contribution is 5.30. The zero-order valence-electron chi connectivity index (χ0n) is 6.08. The van der Waals surface area contributed by atoms with Gasteiger partial charge in [0.25, 0.3) is 16.3 Å². The second-order valence-electron chi connectivity index (χ2n) is 2.29. The van der Waals surface area contributed by atoms with Crippen LogP contribution in [0, 0.1) is 6.92 Å². The maximum atomic E-state index is 10.8. The lowest BCUT2D eigenvalue weighted by atomic mass is 10.2. The van der Waals surface area contributed by atoms with E-state index in [9.17, 15) is 19.2 Å². The van der Waals surface area contributed by atoms with Crippen LogP contribution in [0.15, 0.2) is 19.2 Å². The molecule has 0 heterocycles. The summed E-state index contributed by atoms with van der Waals surface area (Å²) in [5.74, 6) is -0.926. The van der Waals surface area contributed by atoms with Gasteiger partial charge in [-0.25, -0.2) is 0 Å². The van der Waals surface area contributed by atoms with Crippen LogP contribution in [0.25, 0.3) is 0 Å². The second kappa shape index (κ2) is 2.37. The third-order valence-corrected chi connectivity index (χ3v) is 1.53. The first-order chi connectivity index (χ1) is 5.46. The summed E-state index contributed by atoms with van der Waals surface area (Å²) in [5, 5.41) is 8.84. The maximum absolute atomic E-state index is 10.8. The van der Waals surface area contributed by atoms with Crippen molar-refractivity contribution in [1.29, 1.82) is 0 Å². The monoisotopic (exact) mass is 168 g/mol. The van der Waals surface area contributed by atoms with Crippen molar-refractivity contribution >= 4 is 0 Å². The smallest absolute Gasteiger partial charge is 0.280 e. The Kier molecular flexibility index (Phi) is 1.64. The van der Waals surface area contributed by atoms with Gasteiger partial charge >= 0.3 is 0 Å². The first-order valence-electron chi connectivity index (χ1n) is 3.04. The lowest BCUT2D eigenvalue weighted by Gasteiger charge is -1.89. The SMILES string of the molecule is Cc1c(O)c(=O)c(=O)c(=O)c1=O. The van der Waals surface area contributed by atoms with Gasteiger partial charge in [-0.2, -0.15) is 0 Å². The lowest BCUT2D eigenvalue weighted by Crippen LogP contribution is -2.47. The van der Waals surface area contributed by atoms with Crippen molar-refractivity contribution < 1.29 is 5.11 Å². The molecule has 0 unspecified atom stereocenters. The van der Waals surface area contributed by atoms with Crippen molar-refractivity contribution in [2.75, 3.05) is 0 Å². The molecule has 0 aromatic heterocycles. The number of phenolic OH excluding ortho intramolecular Hbond substituents is 1. The molecule has 5 nitrogen and oxygen atoms in total. The van der Waals surface area contributed by atoms with Crippen LogP contribution in [0.1, 0.15) is 5.56 Å². The van der Waals surface area contributed by atoms with Gasteiger partial charge in [0.2, 0.25) is 5.43 Å². The molecule has 0 aliphatic heterocycles. The van der Waals surface area contributed by atoms with E-state index in [-0.39, 0.29) is 5.56 Å². The third-order valence-electron chi connectivity index (χ3n) is 1.53. The highest BCUT2D eigenvalue weighted by Gasteiger charge is 2.13. The van der Waals surface area contributed by atoms with Crippen LogP contribution in [0.2, 0.25) is 0 Å². The molecule has 0 fully saturated rings. The van der Waals surface area contributed by atoms with E-state index in [1.165, 1.54) is 0 Å². The molecule has 12 heavy (non-hydrogen) atoms. The molecular formula is C7H4O5. The van der Waals surface area contributed by atoms with Gasteiger partial charge in [0.15, 0.2) is 5.75 Å². The fraction of sp³-hybridized carbons (Fsp3) is 0.143. The molecule has 1 rings (SSSR count). The maximum Gasteiger partial charge on any atom is 0.280 e. The molecule has 0 saturated heterocycles. The largest absolute Gasteiger partial charge is 0.504 e. The van der Waals surface area contributed by atoms with E-state index < -0.39 is 27.5 Å². The molecular weight excluding hydrogens is 164 g/mol. The normalized spacial score (nSPS) is 10.1. The van der Waals surface area contributed by atoms with E-state index in [2.05, 4.69) is 0 Å². The second-order valence-corrected chi connectivity index (χ2v) is 2.29. The van der Waals surface area contributed by atoms with Gasteiger partial charge in [0, 0.05) is 5.56 Å². The molecule has 0 spiro atoms. The van der Waals surface area contributed by atoms with Crippen molar-refractivity contribution in [3.8, 4) is 5.75 Å². The molecule has 5 heteroatoms. The summed E-state index contributed by atoms with van der Waals surface area (Å²) < 4.78 is 0. The fourth-order valence-corrected chi connectivity index (χ4v) is 0.762. The summed E-state index contributed by atoms with van der Waals surface area (Å²) in [6.07, 6.45) is 0. The van der Waals surface area contributed by atoms with E-state index in [0.717, 1.165) is 6.92 Å². The Hall–Kier alpha value is -1.78. The number of phenols is 1. The van der Waals surface area contributed by atoms with E-state index in [1.54, 1.807) is 0 Å². The number of hydrogen-bond acceptors (Lipinski definition) is 5. The highest BCUT2D eigenvalue weighted by Crippen LogP contribution is 1.98. The van der Waals surface area contributed by atoms with Crippen molar-refractivity contribution in [3.63, 3.8) is 0 Å². The summed E-state index contributed by atoms with van der Waals surface area (Å²) in [4.78, 5) is 42.6. The Labute approximate surface area is 65.2 Å². The molecule has 0 bridgehead atoms. The Balaban J connectivity index is 4.15. The number of rotatable bonds is 0. The summed E-state index contributed by atoms with van der Waals surface area (Å²) in [6.45, 7) is 1.11. The minimum absolute atomic E-state index is 0.371. The minimum atomic E-state index is -1.47. The van der Waals surface area contributed by atoms with Crippen molar-refractivity contribution in [1.82, 2.24) is 0 Å². The molecule has 0 amide bonds. The fourth-order valence-electron chi connectivity index (χ4n) is 0.762. The summed E-state index contributed by atoms with van der Waals surface area (Å²) in [5.41, 5.74) is -5.64. The van der Waals surface area contributed by atoms with Gasteiger partial charge in [0.1, 0.15) is 0 Å². The Morgan fingerprint density at radius 1 is 0.833 bits per heavy atom. The van der Waals surface area contributed by atoms with Gasteiger partial charge in [-0.1, -0.05) is 0 Å². The van der Waals surface area contributed by atoms with Crippen LogP contribution in [-0.4, -0.2) is 5.11 Å². The van der Waals surface area contributed by atoms with E-state index in [0.29, 0.717) is 0 Å². The van der Waals surface area contributed by atoms with Crippen molar-refractivity contribution in [3.05, 3.63) is 46.5 Å². The zero-order chi connectivity index (χ0) is 9.46. The summed E-state index contributed by atoms with van der Waals surface area (Å²) in [7, 11) is 0. The molecule has 0 saturated carbocycles. The average molecular weight is 168 g/mol. The highest BCUT2D eigenvalue weighted by atomic mass is 16.3. The first-order valence-corrected chi connectivity index (χ1v) is 3.04. The number of hydrogen-bond donors (Lipinski definition) is 1. The molecule has 1 aromatic carbocycles. The van der Waals surface area contributed by atoms with Crippen LogP contribution in [-0.2, 0) is 0 Å². The van der Waals surface area contributed by atoms with Gasteiger partial charge in [-0.05, 0) is 6.92 Å². The van der Waals surface area contributed by atoms with Gasteiger partial charge in [-0.3, -0.25) is 19.2 Å². The molecule has 0 atom stereocenters. The molecule has 1 N–H and O–H groups in total. The van der Waals surface area contributed by atoms with E-state index in [1.807, 2.05) is 0 Å². The first kappa shape index (κ1) is 8.32. The lowest BCUT2D eigenvalue weighted by molar-refractivity contribution is 0.464. The van der Waals surface area contributed by atoms with Crippen molar-refractivity contribution in [2.45, 2.75) is 6.92 Å². The zero-order valence-corrected chi connectivity index (χ0v) is 6.08. The Morgan fingerprint density at radius 3 is 1.75 bits per heavy atom. The minimum Gasteiger partial charge on any atom is -0.504 e. The molecule has 62 valence electrons.